The van der Waals surface area contributed by atoms with Crippen LogP contribution in [0, 0.1) is 0 Å². The normalized spacial score (nSPS) is 8.84. The van der Waals surface area contributed by atoms with Crippen LogP contribution in [0.3, 0.4) is 0 Å². The van der Waals surface area contributed by atoms with Gasteiger partial charge in [0.2, 0.25) is 0 Å². The molecule has 0 N–H and O–H groups in total. The van der Waals surface area contributed by atoms with Crippen molar-refractivity contribution >= 4 is 19.2 Å². The molecule has 0 aromatic heterocycles. The minimum absolute atomic E-state index is 0. The summed E-state index contributed by atoms with van der Waals surface area (Å²) in [7, 11) is 0.777. The molecule has 19 heavy (non-hydrogen) atoms. The second-order valence-corrected chi connectivity index (χ2v) is 5.22. The number of hydrogen-bond acceptors (Lipinski definition) is 0. The fourth-order valence-electron chi connectivity index (χ4n) is 1.53. The summed E-state index contributed by atoms with van der Waals surface area (Å²) in [5.74, 6) is 0. The molecule has 0 radical (unpaired) electrons. The molecular weight excluding hydrogens is 291 g/mol. The van der Waals surface area contributed by atoms with Gasteiger partial charge in [0, 0.05) is 17.1 Å². The summed E-state index contributed by atoms with van der Waals surface area (Å²) in [6, 6.07) is 31.2. The predicted octanol–water partition coefficient (Wildman–Crippen LogP) is 3.72. The largest absolute Gasteiger partial charge is 0.214 e. The van der Waals surface area contributed by atoms with Crippen molar-refractivity contribution < 1.29 is 17.1 Å². The van der Waals surface area contributed by atoms with Crippen LogP contribution in [-0.2, 0) is 17.1 Å². The van der Waals surface area contributed by atoms with Gasteiger partial charge in [-0.3, -0.25) is 0 Å². The van der Waals surface area contributed by atoms with Crippen molar-refractivity contribution in [1.82, 2.24) is 0 Å². The Morgan fingerprint density at radius 1 is 0.579 bits per heavy atom. The standard InChI is InChI=1S/C12H11P.C5H5.Fe/c1-3-7-11(8-4-1)13-12-9-5-2-6-10-12;1-2-4-5-3-1;/h1-10,13H;1-5H;/q;-1;. The van der Waals surface area contributed by atoms with Gasteiger partial charge in [-0.15, -0.1) is 0 Å². The van der Waals surface area contributed by atoms with E-state index in [-0.39, 0.29) is 17.1 Å². The van der Waals surface area contributed by atoms with E-state index in [2.05, 4.69) is 60.7 Å². The molecule has 0 fully saturated rings. The molecule has 0 saturated carbocycles. The summed E-state index contributed by atoms with van der Waals surface area (Å²) in [4.78, 5) is 0. The molecule has 3 aromatic rings. The SMILES string of the molecule is [Fe].c1cc[cH-]c1.c1ccc(Pc2ccccc2)cc1. The molecule has 0 saturated heterocycles. The van der Waals surface area contributed by atoms with Crippen molar-refractivity contribution in [3.05, 3.63) is 91.0 Å². The first-order valence-electron chi connectivity index (χ1n) is 5.99. The van der Waals surface area contributed by atoms with E-state index in [4.69, 9.17) is 0 Å². The van der Waals surface area contributed by atoms with Crippen LogP contribution < -0.4 is 10.6 Å². The van der Waals surface area contributed by atoms with Crippen molar-refractivity contribution in [3.63, 3.8) is 0 Å². The molecule has 0 nitrogen and oxygen atoms in total. The van der Waals surface area contributed by atoms with Crippen LogP contribution in [-0.4, -0.2) is 0 Å². The van der Waals surface area contributed by atoms with Gasteiger partial charge < -0.3 is 0 Å². The van der Waals surface area contributed by atoms with Crippen molar-refractivity contribution in [2.45, 2.75) is 0 Å². The third kappa shape index (κ3) is 6.45. The summed E-state index contributed by atoms with van der Waals surface area (Å²) in [5, 5.41) is 2.79. The molecule has 0 aliphatic rings. The molecule has 0 aliphatic carbocycles. The minimum atomic E-state index is 0. The molecule has 0 heterocycles. The Labute approximate surface area is 127 Å². The maximum Gasteiger partial charge on any atom is 0 e. The first-order valence-corrected chi connectivity index (χ1v) is 6.99. The number of rotatable bonds is 2. The first kappa shape index (κ1) is 15.8. The summed E-state index contributed by atoms with van der Waals surface area (Å²) in [5.41, 5.74) is 0. The van der Waals surface area contributed by atoms with E-state index in [1.807, 2.05) is 30.3 Å². The van der Waals surface area contributed by atoms with E-state index >= 15 is 0 Å². The van der Waals surface area contributed by atoms with Gasteiger partial charge in [0.1, 0.15) is 0 Å². The quantitative estimate of drug-likeness (QED) is 0.384. The van der Waals surface area contributed by atoms with E-state index in [1.54, 1.807) is 0 Å². The molecule has 3 rings (SSSR count). The molecule has 98 valence electrons. The van der Waals surface area contributed by atoms with E-state index in [0.29, 0.717) is 0 Å². The number of hydrogen-bond donors (Lipinski definition) is 0. The molecule has 0 unspecified atom stereocenters. The summed E-state index contributed by atoms with van der Waals surface area (Å²) < 4.78 is 0. The molecule has 0 atom stereocenters. The third-order valence-electron chi connectivity index (χ3n) is 2.39. The van der Waals surface area contributed by atoms with Crippen LogP contribution >= 0.6 is 8.58 Å². The van der Waals surface area contributed by atoms with Crippen LogP contribution in [0.25, 0.3) is 0 Å². The first-order chi connectivity index (χ1) is 8.95. The van der Waals surface area contributed by atoms with Crippen LogP contribution in [0.4, 0.5) is 0 Å². The Morgan fingerprint density at radius 2 is 1.00 bits per heavy atom. The predicted molar refractivity (Wildman–Crippen MR) is 82.5 cm³/mol. The van der Waals surface area contributed by atoms with Crippen LogP contribution in [0.5, 0.6) is 0 Å². The second-order valence-electron chi connectivity index (χ2n) is 3.82. The van der Waals surface area contributed by atoms with E-state index < -0.39 is 0 Å². The van der Waals surface area contributed by atoms with Crippen molar-refractivity contribution in [2.75, 3.05) is 0 Å². The van der Waals surface area contributed by atoms with Gasteiger partial charge in [-0.2, -0.15) is 18.2 Å². The Balaban J connectivity index is 0.000000256. The minimum Gasteiger partial charge on any atom is -0.214 e. The molecular formula is C17H16FeP-. The van der Waals surface area contributed by atoms with Crippen molar-refractivity contribution in [2.24, 2.45) is 0 Å². The van der Waals surface area contributed by atoms with Gasteiger partial charge in [-0.05, 0) is 10.6 Å². The van der Waals surface area contributed by atoms with Crippen molar-refractivity contribution in [3.8, 4) is 0 Å². The zero-order valence-corrected chi connectivity index (χ0v) is 12.6. The Hall–Kier alpha value is -1.26. The fourth-order valence-corrected chi connectivity index (χ4v) is 2.58. The molecule has 0 aliphatic heterocycles. The Morgan fingerprint density at radius 3 is 1.32 bits per heavy atom. The Bertz CT molecular complexity index is 463. The molecule has 3 aromatic carbocycles. The Kier molecular flexibility index (Phi) is 8.02. The van der Waals surface area contributed by atoms with Crippen LogP contribution in [0.2, 0.25) is 0 Å². The maximum absolute atomic E-state index is 2.17. The van der Waals surface area contributed by atoms with E-state index in [1.165, 1.54) is 10.6 Å². The van der Waals surface area contributed by atoms with Gasteiger partial charge in [0.25, 0.3) is 0 Å². The smallest absolute Gasteiger partial charge is 0 e. The van der Waals surface area contributed by atoms with Gasteiger partial charge in [-0.25, -0.2) is 12.1 Å². The summed E-state index contributed by atoms with van der Waals surface area (Å²) >= 11 is 0. The van der Waals surface area contributed by atoms with E-state index in [0.717, 1.165) is 8.58 Å². The summed E-state index contributed by atoms with van der Waals surface area (Å²) in [6.45, 7) is 0. The molecule has 0 bridgehead atoms. The van der Waals surface area contributed by atoms with E-state index in [9.17, 15) is 0 Å². The molecule has 0 amide bonds. The second kappa shape index (κ2) is 9.64. The zero-order valence-electron chi connectivity index (χ0n) is 10.5. The van der Waals surface area contributed by atoms with Crippen LogP contribution in [0.1, 0.15) is 0 Å². The van der Waals surface area contributed by atoms with Crippen molar-refractivity contribution in [1.29, 1.82) is 0 Å². The van der Waals surface area contributed by atoms with Gasteiger partial charge in [0.05, 0.1) is 0 Å². The fraction of sp³-hybridized carbons (Fsp3) is 0. The third-order valence-corrected chi connectivity index (χ3v) is 3.64. The van der Waals surface area contributed by atoms with Crippen LogP contribution in [0.15, 0.2) is 91.0 Å². The van der Waals surface area contributed by atoms with Gasteiger partial charge in [0.15, 0.2) is 0 Å². The monoisotopic (exact) mass is 307 g/mol. The average Bonchev–Trinajstić information content (AvgIpc) is 3.00. The molecule has 2 heteroatoms. The van der Waals surface area contributed by atoms with Gasteiger partial charge in [-0.1, -0.05) is 69.2 Å². The van der Waals surface area contributed by atoms with Gasteiger partial charge >= 0.3 is 0 Å². The topological polar surface area (TPSA) is 0 Å². The molecule has 0 spiro atoms. The summed E-state index contributed by atoms with van der Waals surface area (Å²) in [6.07, 6.45) is 0. The maximum atomic E-state index is 2.17. The number of benzene rings is 2. The average molecular weight is 307 g/mol. The zero-order chi connectivity index (χ0) is 12.5.